The van der Waals surface area contributed by atoms with Gasteiger partial charge in [-0.05, 0) is 56.4 Å². The molecule has 1 aromatic carbocycles. The van der Waals surface area contributed by atoms with Gasteiger partial charge in [-0.3, -0.25) is 14.6 Å². The van der Waals surface area contributed by atoms with Gasteiger partial charge in [0.05, 0.1) is 18.7 Å². The summed E-state index contributed by atoms with van der Waals surface area (Å²) < 4.78 is 5.27. The van der Waals surface area contributed by atoms with Gasteiger partial charge in [0.2, 0.25) is 0 Å². The Morgan fingerprint density at radius 3 is 2.62 bits per heavy atom. The molecule has 1 fully saturated rings. The first-order chi connectivity index (χ1) is 13.8. The van der Waals surface area contributed by atoms with Crippen LogP contribution in [0.4, 0.5) is 0 Å². The number of likely N-dealkylation sites (tertiary alicyclic amines) is 1. The van der Waals surface area contributed by atoms with Gasteiger partial charge in [0.25, 0.3) is 11.7 Å². The number of carbonyl (C=O) groups excluding carboxylic acids is 2. The molecule has 1 aliphatic heterocycles. The monoisotopic (exact) mass is 395 g/mol. The molecular formula is C22H25N3O4. The van der Waals surface area contributed by atoms with Crippen molar-refractivity contribution in [1.29, 1.82) is 0 Å². The van der Waals surface area contributed by atoms with E-state index in [1.165, 1.54) is 4.90 Å². The minimum atomic E-state index is -0.691. The standard InChI is InChI=1S/C22H25N3O4/c1-14-12-15(7-8-17(14)29-4)20(26)18-19(16-6-5-9-23-13-16)25(11-10-24(2)3)22(28)21(18)27/h5-9,12-13,19,26H,10-11H2,1-4H3. The summed E-state index contributed by atoms with van der Waals surface area (Å²) in [5.74, 6) is -0.830. The number of amides is 1. The van der Waals surface area contributed by atoms with Crippen LogP contribution in [0.25, 0.3) is 5.76 Å². The Bertz CT molecular complexity index is 954. The molecule has 0 radical (unpaired) electrons. The number of aryl methyl sites for hydroxylation is 1. The lowest BCUT2D eigenvalue weighted by molar-refractivity contribution is -0.140. The van der Waals surface area contributed by atoms with E-state index in [-0.39, 0.29) is 11.3 Å². The zero-order chi connectivity index (χ0) is 21.1. The van der Waals surface area contributed by atoms with Gasteiger partial charge >= 0.3 is 0 Å². The predicted octanol–water partition coefficient (Wildman–Crippen LogP) is 2.38. The molecule has 152 valence electrons. The number of likely N-dealkylation sites (N-methyl/N-ethyl adjacent to an activating group) is 1. The van der Waals surface area contributed by atoms with Crippen LogP contribution in [0, 0.1) is 6.92 Å². The van der Waals surface area contributed by atoms with E-state index in [1.807, 2.05) is 25.9 Å². The first-order valence-electron chi connectivity index (χ1n) is 9.33. The van der Waals surface area contributed by atoms with Crippen LogP contribution < -0.4 is 4.74 Å². The van der Waals surface area contributed by atoms with Crippen LogP contribution in [0.15, 0.2) is 48.3 Å². The average molecular weight is 395 g/mol. The third-order valence-corrected chi connectivity index (χ3v) is 5.00. The highest BCUT2D eigenvalue weighted by Crippen LogP contribution is 2.39. The number of methoxy groups -OCH3 is 1. The number of hydrogen-bond acceptors (Lipinski definition) is 6. The molecule has 1 N–H and O–H groups in total. The quantitative estimate of drug-likeness (QED) is 0.459. The maximum Gasteiger partial charge on any atom is 0.295 e. The van der Waals surface area contributed by atoms with Gasteiger partial charge in [0, 0.05) is 31.0 Å². The van der Waals surface area contributed by atoms with E-state index in [9.17, 15) is 14.7 Å². The van der Waals surface area contributed by atoms with E-state index in [4.69, 9.17) is 4.74 Å². The lowest BCUT2D eigenvalue weighted by atomic mass is 9.95. The van der Waals surface area contributed by atoms with E-state index in [1.54, 1.807) is 49.8 Å². The molecule has 0 aliphatic carbocycles. The zero-order valence-corrected chi connectivity index (χ0v) is 17.0. The largest absolute Gasteiger partial charge is 0.507 e. The molecule has 1 saturated heterocycles. The van der Waals surface area contributed by atoms with E-state index >= 15 is 0 Å². The Labute approximate surface area is 170 Å². The minimum Gasteiger partial charge on any atom is -0.507 e. The fraction of sp³-hybridized carbons (Fsp3) is 0.318. The van der Waals surface area contributed by atoms with E-state index in [0.29, 0.717) is 30.0 Å². The third-order valence-electron chi connectivity index (χ3n) is 5.00. The molecule has 1 amide bonds. The number of aromatic nitrogens is 1. The molecule has 0 saturated carbocycles. The SMILES string of the molecule is COc1ccc(C(O)=C2C(=O)C(=O)N(CCN(C)C)C2c2cccnc2)cc1C. The lowest BCUT2D eigenvalue weighted by Crippen LogP contribution is -2.35. The van der Waals surface area contributed by atoms with Crippen molar-refractivity contribution >= 4 is 17.4 Å². The normalized spacial score (nSPS) is 18.5. The molecule has 2 heterocycles. The lowest BCUT2D eigenvalue weighted by Gasteiger charge is -2.26. The van der Waals surface area contributed by atoms with Gasteiger partial charge in [0.1, 0.15) is 11.5 Å². The van der Waals surface area contributed by atoms with Gasteiger partial charge in [-0.15, -0.1) is 0 Å². The number of hydrogen-bond donors (Lipinski definition) is 1. The van der Waals surface area contributed by atoms with Crippen molar-refractivity contribution in [3.8, 4) is 5.75 Å². The van der Waals surface area contributed by atoms with Crippen LogP contribution in [0.1, 0.15) is 22.7 Å². The highest BCUT2D eigenvalue weighted by Gasteiger charge is 2.46. The maximum atomic E-state index is 12.9. The van der Waals surface area contributed by atoms with Gasteiger partial charge < -0.3 is 19.6 Å². The second-order valence-corrected chi connectivity index (χ2v) is 7.27. The molecule has 3 rings (SSSR count). The van der Waals surface area contributed by atoms with Crippen molar-refractivity contribution in [3.63, 3.8) is 0 Å². The molecule has 7 heteroatoms. The number of aliphatic hydroxyl groups is 1. The van der Waals surface area contributed by atoms with E-state index in [2.05, 4.69) is 4.98 Å². The van der Waals surface area contributed by atoms with E-state index in [0.717, 1.165) is 5.56 Å². The van der Waals surface area contributed by atoms with Gasteiger partial charge in [0.15, 0.2) is 0 Å². The molecule has 0 spiro atoms. The predicted molar refractivity (Wildman–Crippen MR) is 110 cm³/mol. The Morgan fingerprint density at radius 1 is 1.28 bits per heavy atom. The van der Waals surface area contributed by atoms with Crippen LogP contribution >= 0.6 is 0 Å². The third kappa shape index (κ3) is 4.00. The van der Waals surface area contributed by atoms with E-state index < -0.39 is 17.7 Å². The molecule has 1 aliphatic rings. The van der Waals surface area contributed by atoms with Gasteiger partial charge in [-0.25, -0.2) is 0 Å². The molecule has 2 aromatic rings. The topological polar surface area (TPSA) is 83.0 Å². The zero-order valence-electron chi connectivity index (χ0n) is 17.0. The summed E-state index contributed by atoms with van der Waals surface area (Å²) in [4.78, 5) is 33.3. The Hall–Kier alpha value is -3.19. The summed E-state index contributed by atoms with van der Waals surface area (Å²) in [6.45, 7) is 2.80. The molecular weight excluding hydrogens is 370 g/mol. The van der Waals surface area contributed by atoms with Crippen LogP contribution in [0.5, 0.6) is 5.75 Å². The minimum absolute atomic E-state index is 0.0753. The fourth-order valence-corrected chi connectivity index (χ4v) is 3.48. The van der Waals surface area contributed by atoms with Gasteiger partial charge in [-0.2, -0.15) is 0 Å². The van der Waals surface area contributed by atoms with Crippen LogP contribution in [-0.2, 0) is 9.59 Å². The first-order valence-corrected chi connectivity index (χ1v) is 9.33. The number of ether oxygens (including phenoxy) is 1. The molecule has 1 aromatic heterocycles. The van der Waals surface area contributed by atoms with Crippen molar-refractivity contribution in [3.05, 3.63) is 65.0 Å². The summed E-state index contributed by atoms with van der Waals surface area (Å²) in [5, 5.41) is 11.0. The molecule has 7 nitrogen and oxygen atoms in total. The number of pyridine rings is 1. The summed E-state index contributed by atoms with van der Waals surface area (Å²) >= 11 is 0. The molecule has 29 heavy (non-hydrogen) atoms. The smallest absolute Gasteiger partial charge is 0.295 e. The number of aliphatic hydroxyl groups excluding tert-OH is 1. The molecule has 1 unspecified atom stereocenters. The summed E-state index contributed by atoms with van der Waals surface area (Å²) in [6, 6.07) is 8.01. The van der Waals surface area contributed by atoms with Crippen LogP contribution in [0.2, 0.25) is 0 Å². The second-order valence-electron chi connectivity index (χ2n) is 7.27. The van der Waals surface area contributed by atoms with Crippen LogP contribution in [0.3, 0.4) is 0 Å². The molecule has 0 bridgehead atoms. The maximum absolute atomic E-state index is 12.9. The highest BCUT2D eigenvalue weighted by atomic mass is 16.5. The number of ketones is 1. The number of Topliss-reactive ketones (excluding diaryl/α,β-unsaturated/α-hetero) is 1. The Balaban J connectivity index is 2.13. The number of nitrogens with zero attached hydrogens (tertiary/aromatic N) is 3. The summed E-state index contributed by atoms with van der Waals surface area (Å²) in [7, 11) is 5.37. The summed E-state index contributed by atoms with van der Waals surface area (Å²) in [6.07, 6.45) is 3.24. The number of carbonyl (C=O) groups is 2. The van der Waals surface area contributed by atoms with Gasteiger partial charge in [-0.1, -0.05) is 6.07 Å². The van der Waals surface area contributed by atoms with Crippen molar-refractivity contribution in [2.45, 2.75) is 13.0 Å². The van der Waals surface area contributed by atoms with Crippen molar-refractivity contribution in [1.82, 2.24) is 14.8 Å². The Kier molecular flexibility index (Phi) is 5.98. The van der Waals surface area contributed by atoms with Crippen molar-refractivity contribution in [2.75, 3.05) is 34.3 Å². The first kappa shape index (κ1) is 20.5. The number of rotatable bonds is 6. The van der Waals surface area contributed by atoms with Crippen LogP contribution in [-0.4, -0.2) is 65.9 Å². The average Bonchev–Trinajstić information content (AvgIpc) is 2.97. The van der Waals surface area contributed by atoms with Crippen molar-refractivity contribution < 1.29 is 19.4 Å². The second kappa shape index (κ2) is 8.45. The number of benzene rings is 1. The fourth-order valence-electron chi connectivity index (χ4n) is 3.48. The van der Waals surface area contributed by atoms with Crippen molar-refractivity contribution in [2.24, 2.45) is 0 Å². The highest BCUT2D eigenvalue weighted by molar-refractivity contribution is 6.46. The summed E-state index contributed by atoms with van der Waals surface area (Å²) in [5.41, 5.74) is 2.03. The molecule has 1 atom stereocenters. The Morgan fingerprint density at radius 2 is 2.03 bits per heavy atom.